The van der Waals surface area contributed by atoms with Crippen molar-refractivity contribution in [2.45, 2.75) is 11.2 Å². The molecule has 0 radical (unpaired) electrons. The number of halogens is 3. The molecule has 142 valence electrons. The Morgan fingerprint density at radius 3 is 2.64 bits per heavy atom. The molecule has 0 saturated heterocycles. The lowest BCUT2D eigenvalue weighted by molar-refractivity contribution is -0.138. The first-order valence-electron chi connectivity index (χ1n) is 7.63. The summed E-state index contributed by atoms with van der Waals surface area (Å²) in [6.45, 7) is 0. The minimum atomic E-state index is -4.74. The van der Waals surface area contributed by atoms with Crippen molar-refractivity contribution in [1.29, 1.82) is 5.26 Å². The van der Waals surface area contributed by atoms with Crippen LogP contribution >= 0.6 is 23.1 Å². The zero-order chi connectivity index (χ0) is 20.1. The Morgan fingerprint density at radius 2 is 2.04 bits per heavy atom. The van der Waals surface area contributed by atoms with Gasteiger partial charge in [-0.15, -0.1) is 11.3 Å². The van der Waals surface area contributed by atoms with Crippen molar-refractivity contribution in [2.24, 2.45) is 0 Å². The Hall–Kier alpha value is -2.97. The number of pyridine rings is 2. The van der Waals surface area contributed by atoms with Crippen molar-refractivity contribution < 1.29 is 18.0 Å². The van der Waals surface area contributed by atoms with Gasteiger partial charge in [0.15, 0.2) is 5.13 Å². The van der Waals surface area contributed by atoms with Crippen LogP contribution in [0.3, 0.4) is 0 Å². The molecule has 11 heteroatoms. The van der Waals surface area contributed by atoms with E-state index in [9.17, 15) is 23.2 Å². The minimum Gasteiger partial charge on any atom is -0.301 e. The van der Waals surface area contributed by atoms with Crippen LogP contribution in [-0.2, 0) is 11.0 Å². The Bertz CT molecular complexity index is 1020. The Labute approximate surface area is 165 Å². The summed E-state index contributed by atoms with van der Waals surface area (Å²) in [7, 11) is 0. The van der Waals surface area contributed by atoms with Gasteiger partial charge in [0.05, 0.1) is 22.6 Å². The second kappa shape index (κ2) is 8.37. The van der Waals surface area contributed by atoms with Gasteiger partial charge in [0, 0.05) is 29.5 Å². The second-order valence-electron chi connectivity index (χ2n) is 5.25. The van der Waals surface area contributed by atoms with Crippen LogP contribution in [0.1, 0.15) is 11.1 Å². The van der Waals surface area contributed by atoms with Crippen molar-refractivity contribution in [3.8, 4) is 17.3 Å². The molecule has 3 aromatic heterocycles. The first-order valence-corrected chi connectivity index (χ1v) is 9.50. The van der Waals surface area contributed by atoms with Crippen molar-refractivity contribution >= 4 is 34.1 Å². The number of alkyl halides is 3. The van der Waals surface area contributed by atoms with Crippen molar-refractivity contribution in [3.63, 3.8) is 0 Å². The average molecular weight is 421 g/mol. The number of thioether (sulfide) groups is 1. The van der Waals surface area contributed by atoms with Crippen LogP contribution < -0.4 is 5.32 Å². The molecule has 3 heterocycles. The Balaban J connectivity index is 1.94. The lowest BCUT2D eigenvalue weighted by Gasteiger charge is -2.14. The van der Waals surface area contributed by atoms with Crippen LogP contribution in [0, 0.1) is 11.3 Å². The number of nitrogens with one attached hydrogen (secondary N) is 1. The smallest absolute Gasteiger partial charge is 0.301 e. The largest absolute Gasteiger partial charge is 0.417 e. The van der Waals surface area contributed by atoms with Crippen molar-refractivity contribution in [3.05, 3.63) is 53.3 Å². The topological polar surface area (TPSA) is 91.6 Å². The molecule has 0 saturated carbocycles. The number of nitrogens with zero attached hydrogens (tertiary/aromatic N) is 4. The SMILES string of the molecule is N#Cc1c(C(F)(F)F)cc(-c2ccncc2)nc1SCC(=O)Nc1nccs1. The summed E-state index contributed by atoms with van der Waals surface area (Å²) in [5, 5.41) is 13.7. The highest BCUT2D eigenvalue weighted by atomic mass is 32.2. The molecule has 6 nitrogen and oxygen atoms in total. The van der Waals surface area contributed by atoms with Crippen LogP contribution in [0.4, 0.5) is 18.3 Å². The van der Waals surface area contributed by atoms with E-state index < -0.39 is 23.2 Å². The number of aromatic nitrogens is 3. The molecule has 1 N–H and O–H groups in total. The van der Waals surface area contributed by atoms with Gasteiger partial charge in [-0.2, -0.15) is 18.4 Å². The Kier molecular flexibility index (Phi) is 5.91. The lowest BCUT2D eigenvalue weighted by Crippen LogP contribution is -2.15. The van der Waals surface area contributed by atoms with E-state index in [0.29, 0.717) is 10.7 Å². The van der Waals surface area contributed by atoms with E-state index >= 15 is 0 Å². The average Bonchev–Trinajstić information content (AvgIpc) is 3.18. The summed E-state index contributed by atoms with van der Waals surface area (Å²) >= 11 is 1.97. The summed E-state index contributed by atoms with van der Waals surface area (Å²) in [6, 6.07) is 5.41. The van der Waals surface area contributed by atoms with Gasteiger partial charge >= 0.3 is 6.18 Å². The van der Waals surface area contributed by atoms with Crippen LogP contribution in [0.15, 0.2) is 47.2 Å². The highest BCUT2D eigenvalue weighted by Crippen LogP contribution is 2.37. The molecule has 0 fully saturated rings. The Morgan fingerprint density at radius 1 is 1.29 bits per heavy atom. The van der Waals surface area contributed by atoms with E-state index in [1.54, 1.807) is 11.4 Å². The van der Waals surface area contributed by atoms with Gasteiger partial charge in [0.2, 0.25) is 5.91 Å². The summed E-state index contributed by atoms with van der Waals surface area (Å²) < 4.78 is 40.4. The van der Waals surface area contributed by atoms with Crippen LogP contribution in [0.5, 0.6) is 0 Å². The second-order valence-corrected chi connectivity index (χ2v) is 7.11. The third kappa shape index (κ3) is 4.65. The number of hydrogen-bond acceptors (Lipinski definition) is 7. The molecule has 28 heavy (non-hydrogen) atoms. The maximum absolute atomic E-state index is 13.5. The standard InChI is InChI=1S/C17H10F3N5OS2/c18-17(19,20)12-7-13(10-1-3-22-4-2-10)24-15(11(12)8-21)28-9-14(26)25-16-23-5-6-27-16/h1-7H,9H2,(H,23,25,26). The van der Waals surface area contributed by atoms with Crippen molar-refractivity contribution in [2.75, 3.05) is 11.1 Å². The fourth-order valence-corrected chi connectivity index (χ4v) is 3.55. The van der Waals surface area contributed by atoms with E-state index in [2.05, 4.69) is 20.3 Å². The fourth-order valence-electron chi connectivity index (χ4n) is 2.20. The molecule has 0 aliphatic rings. The highest BCUT2D eigenvalue weighted by molar-refractivity contribution is 8.00. The lowest BCUT2D eigenvalue weighted by atomic mass is 10.1. The van der Waals surface area contributed by atoms with E-state index in [1.165, 1.54) is 42.1 Å². The zero-order valence-corrected chi connectivity index (χ0v) is 15.5. The van der Waals surface area contributed by atoms with Gasteiger partial charge in [0.1, 0.15) is 11.1 Å². The molecule has 0 bridgehead atoms. The molecular weight excluding hydrogens is 411 g/mol. The van der Waals surface area contributed by atoms with Gasteiger partial charge in [0.25, 0.3) is 0 Å². The third-order valence-electron chi connectivity index (χ3n) is 3.40. The van der Waals surface area contributed by atoms with E-state index in [1.807, 2.05) is 0 Å². The molecule has 0 aliphatic carbocycles. The number of hydrogen-bond donors (Lipinski definition) is 1. The number of nitriles is 1. The van der Waals surface area contributed by atoms with Gasteiger partial charge in [-0.3, -0.25) is 9.78 Å². The molecule has 3 aromatic rings. The molecular formula is C17H10F3N5OS2. The molecule has 0 spiro atoms. The van der Waals surface area contributed by atoms with Crippen LogP contribution in [0.25, 0.3) is 11.3 Å². The van der Waals surface area contributed by atoms with Gasteiger partial charge < -0.3 is 5.32 Å². The van der Waals surface area contributed by atoms with E-state index in [-0.39, 0.29) is 16.5 Å². The van der Waals surface area contributed by atoms with Gasteiger partial charge in [-0.25, -0.2) is 9.97 Å². The minimum absolute atomic E-state index is 0.0385. The van der Waals surface area contributed by atoms with Gasteiger partial charge in [-0.05, 0) is 18.2 Å². The zero-order valence-electron chi connectivity index (χ0n) is 13.9. The summed E-state index contributed by atoms with van der Waals surface area (Å²) in [4.78, 5) is 23.9. The molecule has 0 aliphatic heterocycles. The first-order chi connectivity index (χ1) is 13.4. The summed E-state index contributed by atoms with van der Waals surface area (Å²) in [6.07, 6.45) is -0.377. The normalized spacial score (nSPS) is 11.1. The van der Waals surface area contributed by atoms with E-state index in [0.717, 1.165) is 17.8 Å². The number of amides is 1. The number of carbonyl (C=O) groups is 1. The van der Waals surface area contributed by atoms with Crippen molar-refractivity contribution in [1.82, 2.24) is 15.0 Å². The molecule has 3 rings (SSSR count). The maximum Gasteiger partial charge on any atom is 0.417 e. The van der Waals surface area contributed by atoms with E-state index in [4.69, 9.17) is 0 Å². The monoisotopic (exact) mass is 421 g/mol. The first kappa shape index (κ1) is 19.8. The predicted molar refractivity (Wildman–Crippen MR) is 98.7 cm³/mol. The fraction of sp³-hybridized carbons (Fsp3) is 0.118. The quantitative estimate of drug-likeness (QED) is 0.620. The highest BCUT2D eigenvalue weighted by Gasteiger charge is 2.36. The third-order valence-corrected chi connectivity index (χ3v) is 5.06. The summed E-state index contributed by atoms with van der Waals surface area (Å²) in [5.74, 6) is -0.688. The number of rotatable bonds is 5. The van der Waals surface area contributed by atoms with Crippen LogP contribution in [-0.4, -0.2) is 26.6 Å². The molecule has 0 aromatic carbocycles. The molecule has 0 atom stereocenters. The molecule has 1 amide bonds. The summed E-state index contributed by atoms with van der Waals surface area (Å²) in [5.41, 5.74) is -1.26. The number of anilines is 1. The maximum atomic E-state index is 13.5. The predicted octanol–water partition coefficient (Wildman–Crippen LogP) is 4.22. The number of thiazole rings is 1. The number of carbonyl (C=O) groups excluding carboxylic acids is 1. The van der Waals surface area contributed by atoms with Gasteiger partial charge in [-0.1, -0.05) is 11.8 Å². The van der Waals surface area contributed by atoms with Crippen LogP contribution in [0.2, 0.25) is 0 Å². The molecule has 0 unspecified atom stereocenters.